The van der Waals surface area contributed by atoms with E-state index in [4.69, 9.17) is 0 Å². The van der Waals surface area contributed by atoms with Crippen molar-refractivity contribution in [1.29, 1.82) is 0 Å². The maximum absolute atomic E-state index is 13.5. The van der Waals surface area contributed by atoms with Gasteiger partial charge < -0.3 is 20.0 Å². The molecule has 1 aliphatic heterocycles. The number of carbonyl (C=O) groups excluding carboxylic acids is 3. The molecular formula is C30H33FN4O3. The third kappa shape index (κ3) is 6.56. The van der Waals surface area contributed by atoms with Gasteiger partial charge in [0.2, 0.25) is 5.91 Å². The van der Waals surface area contributed by atoms with Crippen molar-refractivity contribution in [2.45, 2.75) is 26.8 Å². The number of hydrogen-bond donors (Lipinski definition) is 1. The van der Waals surface area contributed by atoms with Gasteiger partial charge in [-0.3, -0.25) is 14.4 Å². The summed E-state index contributed by atoms with van der Waals surface area (Å²) in [6, 6.07) is 20.5. The Morgan fingerprint density at radius 3 is 2.16 bits per heavy atom. The Kier molecular flexibility index (Phi) is 8.41. The van der Waals surface area contributed by atoms with Crippen molar-refractivity contribution in [3.05, 3.63) is 95.3 Å². The molecule has 8 heteroatoms. The summed E-state index contributed by atoms with van der Waals surface area (Å²) < 4.78 is 13.5. The zero-order valence-electron chi connectivity index (χ0n) is 22.0. The highest BCUT2D eigenvalue weighted by Crippen LogP contribution is 2.21. The van der Waals surface area contributed by atoms with E-state index >= 15 is 0 Å². The van der Waals surface area contributed by atoms with Gasteiger partial charge in [-0.1, -0.05) is 23.8 Å². The Bertz CT molecular complexity index is 1280. The lowest BCUT2D eigenvalue weighted by Gasteiger charge is -2.36. The van der Waals surface area contributed by atoms with Crippen LogP contribution < -0.4 is 10.2 Å². The second-order valence-electron chi connectivity index (χ2n) is 9.78. The van der Waals surface area contributed by atoms with Gasteiger partial charge in [0.05, 0.1) is 0 Å². The molecule has 3 aromatic rings. The lowest BCUT2D eigenvalue weighted by atomic mass is 10.1. The van der Waals surface area contributed by atoms with Crippen molar-refractivity contribution in [3.63, 3.8) is 0 Å². The number of piperazine rings is 1. The van der Waals surface area contributed by atoms with E-state index in [9.17, 15) is 18.8 Å². The minimum atomic E-state index is -0.420. The van der Waals surface area contributed by atoms with Gasteiger partial charge in [-0.15, -0.1) is 0 Å². The van der Waals surface area contributed by atoms with Crippen molar-refractivity contribution in [2.24, 2.45) is 0 Å². The molecule has 1 fully saturated rings. The fraction of sp³-hybridized carbons (Fsp3) is 0.300. The highest BCUT2D eigenvalue weighted by Gasteiger charge is 2.24. The van der Waals surface area contributed by atoms with Crippen LogP contribution in [0, 0.1) is 12.7 Å². The molecule has 0 bridgehead atoms. The molecule has 0 aromatic heterocycles. The molecule has 0 saturated carbocycles. The first-order chi connectivity index (χ1) is 18.2. The number of halogens is 1. The third-order valence-electron chi connectivity index (χ3n) is 6.65. The summed E-state index contributed by atoms with van der Waals surface area (Å²) in [5.41, 5.74) is 3.61. The van der Waals surface area contributed by atoms with E-state index in [0.717, 1.165) is 11.3 Å². The van der Waals surface area contributed by atoms with Crippen LogP contribution in [0.5, 0.6) is 0 Å². The van der Waals surface area contributed by atoms with Crippen LogP contribution >= 0.6 is 0 Å². The van der Waals surface area contributed by atoms with Crippen LogP contribution in [-0.4, -0.2) is 66.3 Å². The quantitative estimate of drug-likeness (QED) is 0.499. The zero-order valence-corrected chi connectivity index (χ0v) is 22.0. The molecule has 7 nitrogen and oxygen atoms in total. The average molecular weight is 517 g/mol. The SMILES string of the molecule is Cc1ccc(C(=O)N(CC(=O)Nc2ccc(N3CCN(C(=O)c4cccc(F)c4)CC3)cc2)C(C)C)cc1. The Morgan fingerprint density at radius 2 is 1.55 bits per heavy atom. The molecule has 3 aromatic carbocycles. The molecule has 1 saturated heterocycles. The molecule has 4 rings (SSSR count). The lowest BCUT2D eigenvalue weighted by molar-refractivity contribution is -0.117. The molecule has 1 N–H and O–H groups in total. The molecule has 0 unspecified atom stereocenters. The maximum atomic E-state index is 13.5. The third-order valence-corrected chi connectivity index (χ3v) is 6.65. The molecule has 38 heavy (non-hydrogen) atoms. The van der Waals surface area contributed by atoms with Crippen LogP contribution in [-0.2, 0) is 4.79 Å². The van der Waals surface area contributed by atoms with Crippen LogP contribution in [0.3, 0.4) is 0 Å². The van der Waals surface area contributed by atoms with Gasteiger partial charge in [0.1, 0.15) is 12.4 Å². The molecule has 0 atom stereocenters. The molecule has 198 valence electrons. The second-order valence-corrected chi connectivity index (χ2v) is 9.78. The fourth-order valence-electron chi connectivity index (χ4n) is 4.43. The summed E-state index contributed by atoms with van der Waals surface area (Å²) in [7, 11) is 0. The molecule has 0 spiro atoms. The van der Waals surface area contributed by atoms with Gasteiger partial charge in [-0.2, -0.15) is 0 Å². The highest BCUT2D eigenvalue weighted by molar-refractivity contribution is 5.99. The number of aryl methyl sites for hydroxylation is 1. The topological polar surface area (TPSA) is 73.0 Å². The Labute approximate surface area is 222 Å². The van der Waals surface area contributed by atoms with E-state index in [2.05, 4.69) is 10.2 Å². The monoisotopic (exact) mass is 516 g/mol. The number of amides is 3. The number of carbonyl (C=O) groups is 3. The summed E-state index contributed by atoms with van der Waals surface area (Å²) in [6.07, 6.45) is 0. The Balaban J connectivity index is 1.31. The van der Waals surface area contributed by atoms with E-state index in [1.165, 1.54) is 12.1 Å². The van der Waals surface area contributed by atoms with Crippen LogP contribution in [0.2, 0.25) is 0 Å². The first-order valence-electron chi connectivity index (χ1n) is 12.8. The van der Waals surface area contributed by atoms with E-state index in [1.807, 2.05) is 57.2 Å². The maximum Gasteiger partial charge on any atom is 0.254 e. The normalized spacial score (nSPS) is 13.4. The predicted molar refractivity (Wildman–Crippen MR) is 147 cm³/mol. The van der Waals surface area contributed by atoms with Crippen LogP contribution in [0.15, 0.2) is 72.8 Å². The molecule has 1 aliphatic rings. The van der Waals surface area contributed by atoms with E-state index < -0.39 is 5.82 Å². The largest absolute Gasteiger partial charge is 0.368 e. The van der Waals surface area contributed by atoms with Gasteiger partial charge in [-0.05, 0) is 75.4 Å². The first-order valence-corrected chi connectivity index (χ1v) is 12.8. The van der Waals surface area contributed by atoms with Gasteiger partial charge in [0.15, 0.2) is 0 Å². The van der Waals surface area contributed by atoms with E-state index in [-0.39, 0.29) is 30.3 Å². The lowest BCUT2D eigenvalue weighted by Crippen LogP contribution is -2.48. The standard InChI is InChI=1S/C30H33FN4O3/c1-21(2)35(30(38)23-9-7-22(3)8-10-23)20-28(36)32-26-11-13-27(14-12-26)33-15-17-34(18-16-33)29(37)24-5-4-6-25(31)19-24/h4-14,19,21H,15-18,20H2,1-3H3,(H,32,36). The van der Waals surface area contributed by atoms with Crippen molar-refractivity contribution in [2.75, 3.05) is 42.9 Å². The smallest absolute Gasteiger partial charge is 0.254 e. The van der Waals surface area contributed by atoms with Crippen molar-refractivity contribution in [1.82, 2.24) is 9.80 Å². The van der Waals surface area contributed by atoms with Gasteiger partial charge in [0.25, 0.3) is 11.8 Å². The van der Waals surface area contributed by atoms with Crippen molar-refractivity contribution < 1.29 is 18.8 Å². The Morgan fingerprint density at radius 1 is 0.895 bits per heavy atom. The number of nitrogens with zero attached hydrogens (tertiary/aromatic N) is 3. The average Bonchev–Trinajstić information content (AvgIpc) is 2.92. The minimum absolute atomic E-state index is 0.0482. The summed E-state index contributed by atoms with van der Waals surface area (Å²) >= 11 is 0. The van der Waals surface area contributed by atoms with Crippen LogP contribution in [0.1, 0.15) is 40.1 Å². The number of nitrogens with one attached hydrogen (secondary N) is 1. The van der Waals surface area contributed by atoms with Crippen LogP contribution in [0.25, 0.3) is 0 Å². The molecule has 3 amide bonds. The van der Waals surface area contributed by atoms with Gasteiger partial charge in [0, 0.05) is 54.7 Å². The molecule has 0 aliphatic carbocycles. The van der Waals surface area contributed by atoms with E-state index in [0.29, 0.717) is 43.0 Å². The fourth-order valence-corrected chi connectivity index (χ4v) is 4.43. The first kappa shape index (κ1) is 26.9. The molecule has 0 radical (unpaired) electrons. The second kappa shape index (κ2) is 11.9. The van der Waals surface area contributed by atoms with Gasteiger partial charge in [-0.25, -0.2) is 4.39 Å². The van der Waals surface area contributed by atoms with Crippen molar-refractivity contribution in [3.8, 4) is 0 Å². The highest BCUT2D eigenvalue weighted by atomic mass is 19.1. The Hall–Kier alpha value is -4.20. The summed E-state index contributed by atoms with van der Waals surface area (Å²) in [4.78, 5) is 43.9. The molecule has 1 heterocycles. The molecular weight excluding hydrogens is 483 g/mol. The number of benzene rings is 3. The zero-order chi connectivity index (χ0) is 27.2. The summed E-state index contributed by atoms with van der Waals surface area (Å²) in [5.74, 6) is -1.04. The van der Waals surface area contributed by atoms with E-state index in [1.54, 1.807) is 34.1 Å². The number of anilines is 2. The summed E-state index contributed by atoms with van der Waals surface area (Å²) in [5, 5.41) is 2.88. The van der Waals surface area contributed by atoms with Gasteiger partial charge >= 0.3 is 0 Å². The van der Waals surface area contributed by atoms with Crippen molar-refractivity contribution >= 4 is 29.1 Å². The predicted octanol–water partition coefficient (Wildman–Crippen LogP) is 4.59. The van der Waals surface area contributed by atoms with Crippen LogP contribution in [0.4, 0.5) is 15.8 Å². The summed E-state index contributed by atoms with van der Waals surface area (Å²) in [6.45, 7) is 8.06. The number of hydrogen-bond acceptors (Lipinski definition) is 4. The number of rotatable bonds is 7. The minimum Gasteiger partial charge on any atom is -0.368 e.